The molecule has 21 heavy (non-hydrogen) atoms. The van der Waals surface area contributed by atoms with Gasteiger partial charge in [0.2, 0.25) is 0 Å². The van der Waals surface area contributed by atoms with Crippen LogP contribution < -0.4 is 5.32 Å². The Morgan fingerprint density at radius 2 is 2.10 bits per heavy atom. The molecule has 0 fully saturated rings. The van der Waals surface area contributed by atoms with Crippen LogP contribution in [0.25, 0.3) is 0 Å². The van der Waals surface area contributed by atoms with Crippen molar-refractivity contribution in [3.05, 3.63) is 42.2 Å². The van der Waals surface area contributed by atoms with E-state index in [4.69, 9.17) is 5.11 Å². The average Bonchev–Trinajstić information content (AvgIpc) is 2.94. The van der Waals surface area contributed by atoms with E-state index in [2.05, 4.69) is 15.3 Å². The first kappa shape index (κ1) is 13.1. The van der Waals surface area contributed by atoms with Crippen LogP contribution in [0.3, 0.4) is 0 Å². The van der Waals surface area contributed by atoms with Gasteiger partial charge in [-0.15, -0.1) is 0 Å². The van der Waals surface area contributed by atoms with Gasteiger partial charge in [-0.2, -0.15) is 0 Å². The van der Waals surface area contributed by atoms with E-state index in [1.807, 2.05) is 10.8 Å². The Bertz CT molecular complexity index is 697. The summed E-state index contributed by atoms with van der Waals surface area (Å²) in [6.07, 6.45) is 4.94. The number of carbonyl (C=O) groups excluding carboxylic acids is 1. The highest BCUT2D eigenvalue weighted by Gasteiger charge is 2.22. The number of nitrogens with zero attached hydrogens (tertiary/aromatic N) is 4. The monoisotopic (exact) mass is 287 g/mol. The summed E-state index contributed by atoms with van der Waals surface area (Å²) in [6, 6.07) is 2.73. The number of carbonyl (C=O) groups is 2. The molecule has 0 saturated heterocycles. The number of urea groups is 1. The Morgan fingerprint density at radius 3 is 2.90 bits per heavy atom. The van der Waals surface area contributed by atoms with Crippen molar-refractivity contribution in [1.82, 2.24) is 19.4 Å². The van der Waals surface area contributed by atoms with Gasteiger partial charge >= 0.3 is 12.0 Å². The lowest BCUT2D eigenvalue weighted by atomic mass is 10.3. The van der Waals surface area contributed by atoms with Gasteiger partial charge in [-0.05, 0) is 12.1 Å². The molecular weight excluding hydrogens is 274 g/mol. The van der Waals surface area contributed by atoms with Gasteiger partial charge in [0.1, 0.15) is 5.82 Å². The number of nitrogens with one attached hydrogen (secondary N) is 1. The summed E-state index contributed by atoms with van der Waals surface area (Å²) >= 11 is 0. The maximum Gasteiger partial charge on any atom is 0.356 e. The summed E-state index contributed by atoms with van der Waals surface area (Å²) in [4.78, 5) is 32.8. The lowest BCUT2D eigenvalue weighted by Gasteiger charge is -2.27. The van der Waals surface area contributed by atoms with Crippen LogP contribution >= 0.6 is 0 Å². The number of amides is 2. The van der Waals surface area contributed by atoms with E-state index < -0.39 is 5.97 Å². The number of anilines is 1. The molecule has 2 aromatic heterocycles. The fourth-order valence-corrected chi connectivity index (χ4v) is 2.22. The third-order valence-corrected chi connectivity index (χ3v) is 3.28. The van der Waals surface area contributed by atoms with Crippen LogP contribution in [0.15, 0.2) is 30.7 Å². The van der Waals surface area contributed by atoms with Crippen molar-refractivity contribution in [2.45, 2.75) is 13.1 Å². The summed E-state index contributed by atoms with van der Waals surface area (Å²) in [5.74, 6) is -0.374. The number of carboxylic acid groups (broad SMARTS) is 1. The van der Waals surface area contributed by atoms with E-state index in [1.54, 1.807) is 17.2 Å². The molecule has 1 aliphatic rings. The Labute approximate surface area is 120 Å². The third kappa shape index (κ3) is 2.55. The molecular formula is C13H13N5O3. The molecule has 0 atom stereocenters. The topological polar surface area (TPSA) is 100 Å². The summed E-state index contributed by atoms with van der Waals surface area (Å²) in [6.45, 7) is 1.60. The Kier molecular flexibility index (Phi) is 3.27. The molecule has 3 rings (SSSR count). The number of hydrogen-bond donors (Lipinski definition) is 2. The summed E-state index contributed by atoms with van der Waals surface area (Å²) < 4.78 is 1.98. The highest BCUT2D eigenvalue weighted by Crippen LogP contribution is 2.15. The highest BCUT2D eigenvalue weighted by molar-refractivity contribution is 5.98. The van der Waals surface area contributed by atoms with Gasteiger partial charge in [0.05, 0.1) is 12.2 Å². The van der Waals surface area contributed by atoms with Crippen molar-refractivity contribution < 1.29 is 14.7 Å². The maximum absolute atomic E-state index is 12.2. The molecule has 3 heterocycles. The van der Waals surface area contributed by atoms with Crippen molar-refractivity contribution >= 4 is 17.7 Å². The first-order chi connectivity index (χ1) is 10.1. The quantitative estimate of drug-likeness (QED) is 0.859. The third-order valence-electron chi connectivity index (χ3n) is 3.28. The average molecular weight is 287 g/mol. The molecule has 2 aromatic rings. The number of fused-ring (bicyclic) bond motifs is 1. The molecule has 2 N–H and O–H groups in total. The van der Waals surface area contributed by atoms with Gasteiger partial charge in [-0.1, -0.05) is 0 Å². The molecule has 0 radical (unpaired) electrons. The van der Waals surface area contributed by atoms with Crippen molar-refractivity contribution in [2.75, 3.05) is 11.9 Å². The van der Waals surface area contributed by atoms with Crippen LogP contribution in [0.1, 0.15) is 16.3 Å². The van der Waals surface area contributed by atoms with E-state index in [0.29, 0.717) is 19.6 Å². The van der Waals surface area contributed by atoms with E-state index in [9.17, 15) is 9.59 Å². The second-order valence-electron chi connectivity index (χ2n) is 4.59. The van der Waals surface area contributed by atoms with Gasteiger partial charge < -0.3 is 19.9 Å². The van der Waals surface area contributed by atoms with Crippen molar-refractivity contribution in [3.8, 4) is 0 Å². The lowest BCUT2D eigenvalue weighted by Crippen LogP contribution is -2.41. The van der Waals surface area contributed by atoms with E-state index in [0.717, 1.165) is 5.82 Å². The standard InChI is InChI=1S/C13H13N5O3/c19-12(20)11-9(2-1-3-15-11)16-13(21)18-7-6-17-5-4-14-10(17)8-18/h1-5H,6-8H2,(H,16,21)(H,19,20). The second-order valence-corrected chi connectivity index (χ2v) is 4.59. The predicted molar refractivity (Wildman–Crippen MR) is 72.9 cm³/mol. The van der Waals surface area contributed by atoms with Crippen LogP contribution in [-0.4, -0.2) is 43.1 Å². The zero-order valence-corrected chi connectivity index (χ0v) is 11.1. The molecule has 108 valence electrons. The number of hydrogen-bond acceptors (Lipinski definition) is 4. The molecule has 0 bridgehead atoms. The van der Waals surface area contributed by atoms with Crippen molar-refractivity contribution in [3.63, 3.8) is 0 Å². The van der Waals surface area contributed by atoms with Gasteiger partial charge in [-0.25, -0.2) is 19.6 Å². The number of aromatic nitrogens is 3. The van der Waals surface area contributed by atoms with Crippen LogP contribution in [0.4, 0.5) is 10.5 Å². The Hall–Kier alpha value is -2.90. The molecule has 0 aromatic carbocycles. The molecule has 1 aliphatic heterocycles. The van der Waals surface area contributed by atoms with E-state index in [-0.39, 0.29) is 17.4 Å². The van der Waals surface area contributed by atoms with Crippen LogP contribution in [0, 0.1) is 0 Å². The van der Waals surface area contributed by atoms with Gasteiger partial charge in [-0.3, -0.25) is 0 Å². The Morgan fingerprint density at radius 1 is 1.24 bits per heavy atom. The molecule has 0 unspecified atom stereocenters. The first-order valence-electron chi connectivity index (χ1n) is 6.39. The second kappa shape index (κ2) is 5.23. The largest absolute Gasteiger partial charge is 0.476 e. The number of carboxylic acids is 1. The fourth-order valence-electron chi connectivity index (χ4n) is 2.22. The zero-order valence-electron chi connectivity index (χ0n) is 11.1. The van der Waals surface area contributed by atoms with Gasteiger partial charge in [0.25, 0.3) is 0 Å². The first-order valence-corrected chi connectivity index (χ1v) is 6.39. The summed E-state index contributed by atoms with van der Waals surface area (Å²) in [7, 11) is 0. The summed E-state index contributed by atoms with van der Waals surface area (Å²) in [5.41, 5.74) is 0.00766. The van der Waals surface area contributed by atoms with E-state index >= 15 is 0 Å². The zero-order chi connectivity index (χ0) is 14.8. The molecule has 8 nitrogen and oxygen atoms in total. The molecule has 8 heteroatoms. The minimum Gasteiger partial charge on any atom is -0.476 e. The van der Waals surface area contributed by atoms with Crippen molar-refractivity contribution in [2.24, 2.45) is 0 Å². The molecule has 2 amide bonds. The number of rotatable bonds is 2. The normalized spacial score (nSPS) is 13.6. The SMILES string of the molecule is O=C(O)c1ncccc1NC(=O)N1CCn2ccnc2C1. The molecule has 0 saturated carbocycles. The molecule has 0 spiro atoms. The van der Waals surface area contributed by atoms with Gasteiger partial charge in [0.15, 0.2) is 5.69 Å². The smallest absolute Gasteiger partial charge is 0.356 e. The lowest BCUT2D eigenvalue weighted by molar-refractivity contribution is 0.0691. The predicted octanol–water partition coefficient (Wildman–Crippen LogP) is 1.02. The minimum absolute atomic E-state index is 0.177. The highest BCUT2D eigenvalue weighted by atomic mass is 16.4. The van der Waals surface area contributed by atoms with Crippen LogP contribution in [-0.2, 0) is 13.1 Å². The van der Waals surface area contributed by atoms with E-state index in [1.165, 1.54) is 12.3 Å². The van der Waals surface area contributed by atoms with Crippen LogP contribution in [0.2, 0.25) is 0 Å². The molecule has 0 aliphatic carbocycles. The fraction of sp³-hybridized carbons (Fsp3) is 0.231. The van der Waals surface area contributed by atoms with Crippen LogP contribution in [0.5, 0.6) is 0 Å². The Balaban J connectivity index is 1.75. The number of pyridine rings is 1. The van der Waals surface area contributed by atoms with Gasteiger partial charge in [0, 0.05) is 31.7 Å². The summed E-state index contributed by atoms with van der Waals surface area (Å²) in [5, 5.41) is 11.6. The number of imidazole rings is 1. The number of aromatic carboxylic acids is 1. The minimum atomic E-state index is -1.18. The van der Waals surface area contributed by atoms with Crippen molar-refractivity contribution in [1.29, 1.82) is 0 Å². The maximum atomic E-state index is 12.2.